The van der Waals surface area contributed by atoms with Crippen LogP contribution in [0.1, 0.15) is 39.5 Å². The largest absolute Gasteiger partial charge is 0.310 e. The Hall–Kier alpha value is 0.1000. The monoisotopic (exact) mass is 344 g/mol. The third-order valence-electron chi connectivity index (χ3n) is 4.05. The number of thiophene rings is 1. The van der Waals surface area contributed by atoms with Gasteiger partial charge in [0.25, 0.3) is 0 Å². The summed E-state index contributed by atoms with van der Waals surface area (Å²) >= 11 is 5.39. The minimum absolute atomic E-state index is 0.220. The average Bonchev–Trinajstić information content (AvgIpc) is 2.65. The summed E-state index contributed by atoms with van der Waals surface area (Å²) in [6.45, 7) is 14.9. The summed E-state index contributed by atoms with van der Waals surface area (Å²) in [7, 11) is 0. The second kappa shape index (κ2) is 5.47. The lowest BCUT2D eigenvalue weighted by Crippen LogP contribution is -2.64. The first-order valence-corrected chi connectivity index (χ1v) is 8.57. The van der Waals surface area contributed by atoms with Crippen LogP contribution < -0.4 is 5.32 Å². The molecule has 1 unspecified atom stereocenters. The Bertz CT molecular complexity index is 434. The molecule has 0 radical (unpaired) electrons. The number of piperazine rings is 1. The molecule has 2 rings (SSSR count). The first kappa shape index (κ1) is 15.5. The number of hydrogen-bond acceptors (Lipinski definition) is 3. The smallest absolute Gasteiger partial charge is 0.0334 e. The van der Waals surface area contributed by atoms with Crippen molar-refractivity contribution < 1.29 is 0 Å². The molecule has 0 aliphatic carbocycles. The Morgan fingerprint density at radius 3 is 2.68 bits per heavy atom. The van der Waals surface area contributed by atoms with E-state index in [4.69, 9.17) is 0 Å². The summed E-state index contributed by atoms with van der Waals surface area (Å²) in [6.07, 6.45) is 0. The molecule has 108 valence electrons. The second-order valence-corrected chi connectivity index (χ2v) is 9.14. The fourth-order valence-corrected chi connectivity index (χ4v) is 3.97. The van der Waals surface area contributed by atoms with E-state index >= 15 is 0 Å². The first-order valence-electron chi connectivity index (χ1n) is 6.90. The predicted octanol–water partition coefficient (Wildman–Crippen LogP) is 4.11. The van der Waals surface area contributed by atoms with Crippen molar-refractivity contribution in [3.63, 3.8) is 0 Å². The van der Waals surface area contributed by atoms with Crippen molar-refractivity contribution in [1.82, 2.24) is 10.2 Å². The Labute approximate surface area is 129 Å². The van der Waals surface area contributed by atoms with Gasteiger partial charge in [-0.1, -0.05) is 20.8 Å². The summed E-state index contributed by atoms with van der Waals surface area (Å²) in [5.41, 5.74) is 0.531. The van der Waals surface area contributed by atoms with Gasteiger partial charge >= 0.3 is 0 Å². The molecule has 1 aliphatic heterocycles. The lowest BCUT2D eigenvalue weighted by atomic mass is 9.83. The highest BCUT2D eigenvalue weighted by Crippen LogP contribution is 2.30. The molecular formula is C15H25BrN2S. The van der Waals surface area contributed by atoms with E-state index in [1.807, 2.05) is 11.3 Å². The number of nitrogens with one attached hydrogen (secondary N) is 1. The van der Waals surface area contributed by atoms with Gasteiger partial charge in [0, 0.05) is 45.9 Å². The molecule has 1 aromatic heterocycles. The van der Waals surface area contributed by atoms with Gasteiger partial charge in [-0.25, -0.2) is 0 Å². The van der Waals surface area contributed by atoms with E-state index in [-0.39, 0.29) is 5.54 Å². The highest BCUT2D eigenvalue weighted by molar-refractivity contribution is 9.10. The van der Waals surface area contributed by atoms with Crippen LogP contribution in [0.3, 0.4) is 0 Å². The van der Waals surface area contributed by atoms with E-state index in [0.29, 0.717) is 11.5 Å². The van der Waals surface area contributed by atoms with E-state index in [1.165, 1.54) is 9.35 Å². The maximum Gasteiger partial charge on any atom is 0.0334 e. The molecule has 1 atom stereocenters. The molecule has 0 amide bonds. The molecule has 1 N–H and O–H groups in total. The summed E-state index contributed by atoms with van der Waals surface area (Å²) in [5, 5.41) is 5.90. The Morgan fingerprint density at radius 1 is 1.47 bits per heavy atom. The van der Waals surface area contributed by atoms with Crippen LogP contribution in [0.2, 0.25) is 0 Å². The summed E-state index contributed by atoms with van der Waals surface area (Å²) < 4.78 is 1.20. The van der Waals surface area contributed by atoms with Gasteiger partial charge in [-0.05, 0) is 41.3 Å². The van der Waals surface area contributed by atoms with Gasteiger partial charge in [-0.3, -0.25) is 4.90 Å². The standard InChI is InChI=1S/C15H25BrN2S/c1-14(2,3)13-8-18(15(4,5)10-17-13)7-12-6-11(16)9-19-12/h6,9,13,17H,7-8,10H2,1-5H3. The molecule has 0 saturated carbocycles. The minimum atomic E-state index is 0.220. The molecule has 19 heavy (non-hydrogen) atoms. The zero-order valence-electron chi connectivity index (χ0n) is 12.6. The first-order chi connectivity index (χ1) is 8.68. The zero-order chi connectivity index (χ0) is 14.3. The van der Waals surface area contributed by atoms with Crippen molar-refractivity contribution in [2.75, 3.05) is 13.1 Å². The van der Waals surface area contributed by atoms with Crippen molar-refractivity contribution in [2.45, 2.75) is 52.7 Å². The summed E-state index contributed by atoms with van der Waals surface area (Å²) in [5.74, 6) is 0. The van der Waals surface area contributed by atoms with E-state index in [9.17, 15) is 0 Å². The quantitative estimate of drug-likeness (QED) is 0.868. The predicted molar refractivity (Wildman–Crippen MR) is 87.8 cm³/mol. The normalized spacial score (nSPS) is 24.6. The van der Waals surface area contributed by atoms with Gasteiger partial charge in [0.1, 0.15) is 0 Å². The van der Waals surface area contributed by atoms with Crippen LogP contribution >= 0.6 is 27.3 Å². The van der Waals surface area contributed by atoms with Crippen molar-refractivity contribution in [3.8, 4) is 0 Å². The van der Waals surface area contributed by atoms with Crippen molar-refractivity contribution in [1.29, 1.82) is 0 Å². The van der Waals surface area contributed by atoms with E-state index in [2.05, 4.69) is 72.2 Å². The third-order valence-corrected chi connectivity index (χ3v) is 5.74. The summed E-state index contributed by atoms with van der Waals surface area (Å²) in [6, 6.07) is 2.80. The molecule has 0 bridgehead atoms. The Kier molecular flexibility index (Phi) is 4.46. The minimum Gasteiger partial charge on any atom is -0.310 e. The zero-order valence-corrected chi connectivity index (χ0v) is 15.0. The van der Waals surface area contributed by atoms with Crippen molar-refractivity contribution in [2.24, 2.45) is 5.41 Å². The van der Waals surface area contributed by atoms with Crippen molar-refractivity contribution in [3.05, 3.63) is 20.8 Å². The molecular weight excluding hydrogens is 320 g/mol. The summed E-state index contributed by atoms with van der Waals surface area (Å²) in [4.78, 5) is 4.06. The molecule has 0 spiro atoms. The Morgan fingerprint density at radius 2 is 2.16 bits per heavy atom. The van der Waals surface area contributed by atoms with Crippen LogP contribution in [-0.2, 0) is 6.54 Å². The SMILES string of the molecule is CC(C)(C)C1CN(Cc2cc(Br)cs2)C(C)(C)CN1. The van der Waals surface area contributed by atoms with Gasteiger partial charge in [-0.2, -0.15) is 0 Å². The molecule has 2 nitrogen and oxygen atoms in total. The van der Waals surface area contributed by atoms with Crippen LogP contribution in [-0.4, -0.2) is 29.6 Å². The highest BCUT2D eigenvalue weighted by atomic mass is 79.9. The maximum absolute atomic E-state index is 3.72. The molecule has 1 aromatic rings. The lowest BCUT2D eigenvalue weighted by Gasteiger charge is -2.49. The number of nitrogens with zero attached hydrogens (tertiary/aromatic N) is 1. The maximum atomic E-state index is 3.72. The average molecular weight is 345 g/mol. The topological polar surface area (TPSA) is 15.3 Å². The number of halogens is 1. The fourth-order valence-electron chi connectivity index (χ4n) is 2.50. The molecule has 1 saturated heterocycles. The highest BCUT2D eigenvalue weighted by Gasteiger charge is 2.38. The van der Waals surface area contributed by atoms with Crippen LogP contribution in [0.4, 0.5) is 0 Å². The molecule has 1 aliphatic rings. The lowest BCUT2D eigenvalue weighted by molar-refractivity contribution is 0.0303. The number of rotatable bonds is 2. The van der Waals surface area contributed by atoms with Crippen LogP contribution in [0, 0.1) is 5.41 Å². The van der Waals surface area contributed by atoms with Gasteiger partial charge in [0.2, 0.25) is 0 Å². The van der Waals surface area contributed by atoms with Crippen LogP contribution in [0.25, 0.3) is 0 Å². The molecule has 4 heteroatoms. The van der Waals surface area contributed by atoms with E-state index in [1.54, 1.807) is 0 Å². The van der Waals surface area contributed by atoms with Gasteiger partial charge in [0.15, 0.2) is 0 Å². The molecule has 0 aromatic carbocycles. The Balaban J connectivity index is 2.11. The molecule has 1 fully saturated rings. The van der Waals surface area contributed by atoms with Gasteiger partial charge < -0.3 is 5.32 Å². The van der Waals surface area contributed by atoms with Crippen LogP contribution in [0.15, 0.2) is 15.9 Å². The van der Waals surface area contributed by atoms with Gasteiger partial charge in [0.05, 0.1) is 0 Å². The van der Waals surface area contributed by atoms with E-state index < -0.39 is 0 Å². The van der Waals surface area contributed by atoms with Crippen LogP contribution in [0.5, 0.6) is 0 Å². The second-order valence-electron chi connectivity index (χ2n) is 7.22. The third kappa shape index (κ3) is 3.81. The van der Waals surface area contributed by atoms with E-state index in [0.717, 1.165) is 19.6 Å². The van der Waals surface area contributed by atoms with Gasteiger partial charge in [-0.15, -0.1) is 11.3 Å². The number of hydrogen-bond donors (Lipinski definition) is 1. The van der Waals surface area contributed by atoms with Crippen molar-refractivity contribution >= 4 is 27.3 Å². The fraction of sp³-hybridized carbons (Fsp3) is 0.733. The molecule has 2 heterocycles.